The molecular weight excluding hydrogens is 624 g/mol. The molecule has 0 aliphatic heterocycles. The minimum absolute atomic E-state index is 0.00941. The lowest BCUT2D eigenvalue weighted by Gasteiger charge is -2.33. The second kappa shape index (κ2) is 13.1. The van der Waals surface area contributed by atoms with Crippen LogP contribution < -0.4 is 10.6 Å². The number of rotatable bonds is 9. The van der Waals surface area contributed by atoms with E-state index < -0.39 is 35.3 Å². The molecular formula is C36H35ClN2O6S. The molecule has 0 spiro atoms. The van der Waals surface area contributed by atoms with Crippen LogP contribution in [0.5, 0.6) is 0 Å². The number of fused-ring (bicyclic) bond motifs is 3. The fourth-order valence-corrected chi connectivity index (χ4v) is 7.19. The van der Waals surface area contributed by atoms with Crippen LogP contribution in [0, 0.1) is 25.2 Å². The zero-order valence-corrected chi connectivity index (χ0v) is 27.7. The third-order valence-corrected chi connectivity index (χ3v) is 9.76. The van der Waals surface area contributed by atoms with Crippen LogP contribution in [0.25, 0.3) is 11.1 Å². The van der Waals surface area contributed by atoms with Gasteiger partial charge >= 0.3 is 12.1 Å². The van der Waals surface area contributed by atoms with Crippen molar-refractivity contribution in [2.45, 2.75) is 46.6 Å². The molecule has 4 aromatic rings. The summed E-state index contributed by atoms with van der Waals surface area (Å²) in [6.45, 7) is 8.65. The molecule has 0 bridgehead atoms. The van der Waals surface area contributed by atoms with Crippen molar-refractivity contribution in [1.29, 1.82) is 0 Å². The zero-order chi connectivity index (χ0) is 33.3. The fraction of sp³-hybridized carbons (Fsp3) is 0.278. The predicted octanol–water partition coefficient (Wildman–Crippen LogP) is 7.84. The Morgan fingerprint density at radius 3 is 2.02 bits per heavy atom. The van der Waals surface area contributed by atoms with Gasteiger partial charge in [-0.1, -0.05) is 80.9 Å². The molecule has 8 nitrogen and oxygen atoms in total. The van der Waals surface area contributed by atoms with Crippen molar-refractivity contribution in [3.63, 3.8) is 0 Å². The van der Waals surface area contributed by atoms with Gasteiger partial charge in [0.2, 0.25) is 5.91 Å². The SMILES string of the molecule is Cc1sc(NC(=O)C(NC(=O)OCC2c3ccccc3-c3ccccc32)[C@@H](C(=O)O)C(C)(C)C)c(C(=O)c2ccc(Cl)cc2)c1C. The van der Waals surface area contributed by atoms with Crippen LogP contribution in [0.2, 0.25) is 5.02 Å². The minimum Gasteiger partial charge on any atom is -0.481 e. The lowest BCUT2D eigenvalue weighted by Crippen LogP contribution is -2.54. The molecule has 2 amide bonds. The minimum atomic E-state index is -1.52. The Kier molecular flexibility index (Phi) is 9.37. The van der Waals surface area contributed by atoms with Gasteiger partial charge in [-0.15, -0.1) is 11.3 Å². The molecule has 2 atom stereocenters. The van der Waals surface area contributed by atoms with Gasteiger partial charge in [0.25, 0.3) is 0 Å². The molecule has 10 heteroatoms. The molecule has 1 aromatic heterocycles. The third kappa shape index (κ3) is 6.57. The molecule has 1 heterocycles. The summed E-state index contributed by atoms with van der Waals surface area (Å²) in [5, 5.41) is 16.3. The van der Waals surface area contributed by atoms with Crippen LogP contribution in [-0.2, 0) is 14.3 Å². The van der Waals surface area contributed by atoms with Crippen molar-refractivity contribution in [2.75, 3.05) is 11.9 Å². The maximum absolute atomic E-state index is 13.9. The molecule has 5 rings (SSSR count). The van der Waals surface area contributed by atoms with E-state index in [1.54, 1.807) is 52.0 Å². The maximum Gasteiger partial charge on any atom is 0.407 e. The number of aliphatic carboxylic acids is 1. The lowest BCUT2D eigenvalue weighted by atomic mass is 9.76. The molecule has 0 saturated heterocycles. The summed E-state index contributed by atoms with van der Waals surface area (Å²) in [4.78, 5) is 54.2. The van der Waals surface area contributed by atoms with Crippen molar-refractivity contribution in [3.05, 3.63) is 111 Å². The van der Waals surface area contributed by atoms with Gasteiger partial charge < -0.3 is 20.5 Å². The summed E-state index contributed by atoms with van der Waals surface area (Å²) in [6, 6.07) is 20.7. The molecule has 1 aliphatic rings. The largest absolute Gasteiger partial charge is 0.481 e. The average molecular weight is 659 g/mol. The number of amides is 2. The van der Waals surface area contributed by atoms with E-state index in [1.165, 1.54) is 11.3 Å². The van der Waals surface area contributed by atoms with Crippen LogP contribution >= 0.6 is 22.9 Å². The molecule has 3 N–H and O–H groups in total. The Hall–Kier alpha value is -4.47. The van der Waals surface area contributed by atoms with E-state index in [2.05, 4.69) is 10.6 Å². The van der Waals surface area contributed by atoms with E-state index in [1.807, 2.05) is 55.5 Å². The summed E-state index contributed by atoms with van der Waals surface area (Å²) < 4.78 is 5.68. The van der Waals surface area contributed by atoms with Crippen LogP contribution in [0.4, 0.5) is 9.80 Å². The van der Waals surface area contributed by atoms with Crippen LogP contribution in [0.3, 0.4) is 0 Å². The number of hydrogen-bond acceptors (Lipinski definition) is 6. The molecule has 3 aromatic carbocycles. The van der Waals surface area contributed by atoms with Gasteiger partial charge in [-0.05, 0) is 71.3 Å². The van der Waals surface area contributed by atoms with Crippen molar-refractivity contribution >= 4 is 51.7 Å². The lowest BCUT2D eigenvalue weighted by molar-refractivity contribution is -0.149. The molecule has 46 heavy (non-hydrogen) atoms. The third-order valence-electron chi connectivity index (χ3n) is 8.39. The van der Waals surface area contributed by atoms with Gasteiger partial charge in [-0.2, -0.15) is 0 Å². The predicted molar refractivity (Wildman–Crippen MR) is 180 cm³/mol. The fourth-order valence-electron chi connectivity index (χ4n) is 6.00. The number of ether oxygens (including phenoxy) is 1. The smallest absolute Gasteiger partial charge is 0.407 e. The topological polar surface area (TPSA) is 122 Å². The molecule has 1 unspecified atom stereocenters. The Labute approximate surface area is 276 Å². The number of carboxylic acids is 1. The van der Waals surface area contributed by atoms with Crippen LogP contribution in [-0.4, -0.2) is 41.5 Å². The van der Waals surface area contributed by atoms with Gasteiger partial charge in [0.1, 0.15) is 17.6 Å². The Bertz CT molecular complexity index is 1780. The van der Waals surface area contributed by atoms with E-state index in [0.717, 1.165) is 27.1 Å². The summed E-state index contributed by atoms with van der Waals surface area (Å²) in [5.41, 5.74) is 4.59. The Balaban J connectivity index is 1.40. The Morgan fingerprint density at radius 1 is 0.913 bits per heavy atom. The standard InChI is InChI=1S/C36H35ClN2O6S/c1-19-20(2)46-33(28(19)31(40)21-14-16-22(37)17-15-21)39-32(41)30(29(34(42)43)36(3,4)5)38-35(44)45-18-27-25-12-8-6-10-23(25)24-11-7-9-13-26(24)27/h6-17,27,29-30H,18H2,1-5H3,(H,38,44)(H,39,41)(H,42,43)/t29-,30?/m0/s1. The van der Waals surface area contributed by atoms with E-state index >= 15 is 0 Å². The highest BCUT2D eigenvalue weighted by molar-refractivity contribution is 7.16. The van der Waals surface area contributed by atoms with Crippen LogP contribution in [0.1, 0.15) is 64.2 Å². The highest BCUT2D eigenvalue weighted by atomic mass is 35.5. The van der Waals surface area contributed by atoms with Gasteiger partial charge in [0.05, 0.1) is 11.5 Å². The number of carboxylic acid groups (broad SMARTS) is 1. The first-order valence-electron chi connectivity index (χ1n) is 14.8. The van der Waals surface area contributed by atoms with Gasteiger partial charge in [0, 0.05) is 21.4 Å². The molecule has 1 aliphatic carbocycles. The second-order valence-corrected chi connectivity index (χ2v) is 14.1. The summed E-state index contributed by atoms with van der Waals surface area (Å²) in [7, 11) is 0. The number of halogens is 1. The van der Waals surface area contributed by atoms with Crippen LogP contribution in [0.15, 0.2) is 72.8 Å². The first-order chi connectivity index (χ1) is 21.8. The zero-order valence-electron chi connectivity index (χ0n) is 26.1. The normalized spacial score (nSPS) is 13.7. The van der Waals surface area contributed by atoms with E-state index in [-0.39, 0.29) is 23.3 Å². The number of hydrogen-bond donors (Lipinski definition) is 3. The quantitative estimate of drug-likeness (QED) is 0.158. The molecule has 0 fully saturated rings. The summed E-state index contributed by atoms with van der Waals surface area (Å²) in [5.74, 6) is -3.90. The van der Waals surface area contributed by atoms with E-state index in [0.29, 0.717) is 21.7 Å². The number of benzene rings is 3. The number of carbonyl (C=O) groups is 4. The number of nitrogens with one attached hydrogen (secondary N) is 2. The number of alkyl carbamates (subject to hydrolysis) is 1. The van der Waals surface area contributed by atoms with Gasteiger partial charge in [-0.25, -0.2) is 4.79 Å². The van der Waals surface area contributed by atoms with Gasteiger partial charge in [-0.3, -0.25) is 14.4 Å². The monoisotopic (exact) mass is 658 g/mol. The first-order valence-corrected chi connectivity index (χ1v) is 16.0. The van der Waals surface area contributed by atoms with Crippen molar-refractivity contribution < 1.29 is 29.0 Å². The van der Waals surface area contributed by atoms with Gasteiger partial charge in [0.15, 0.2) is 5.78 Å². The van der Waals surface area contributed by atoms with Crippen molar-refractivity contribution in [1.82, 2.24) is 5.32 Å². The molecule has 0 saturated carbocycles. The summed E-state index contributed by atoms with van der Waals surface area (Å²) >= 11 is 7.21. The van der Waals surface area contributed by atoms with E-state index in [9.17, 15) is 24.3 Å². The number of thiophene rings is 1. The highest BCUT2D eigenvalue weighted by Crippen LogP contribution is 2.44. The first kappa shape index (κ1) is 32.9. The summed E-state index contributed by atoms with van der Waals surface area (Å²) in [6.07, 6.45) is -0.923. The molecule has 238 valence electrons. The molecule has 0 radical (unpaired) electrons. The van der Waals surface area contributed by atoms with E-state index in [4.69, 9.17) is 16.3 Å². The Morgan fingerprint density at radius 2 is 1.48 bits per heavy atom. The average Bonchev–Trinajstić information content (AvgIpc) is 3.47. The maximum atomic E-state index is 13.9. The number of anilines is 1. The number of ketones is 1. The number of aryl methyl sites for hydroxylation is 1. The number of carbonyl (C=O) groups excluding carboxylic acids is 3. The highest BCUT2D eigenvalue weighted by Gasteiger charge is 2.44. The van der Waals surface area contributed by atoms with Crippen molar-refractivity contribution in [2.24, 2.45) is 11.3 Å². The second-order valence-electron chi connectivity index (χ2n) is 12.4. The van der Waals surface area contributed by atoms with Crippen molar-refractivity contribution in [3.8, 4) is 11.1 Å².